The highest BCUT2D eigenvalue weighted by Gasteiger charge is 2.25. The SMILES string of the molecule is COc1ccc(-c2nn(-c3ccccc3)cc2C(=O)NC2CCN(c3ncccn3)CC2)cc1. The number of benzene rings is 2. The number of nitrogens with zero attached hydrogens (tertiary/aromatic N) is 5. The topological polar surface area (TPSA) is 85.2 Å². The molecule has 172 valence electrons. The first kappa shape index (κ1) is 21.6. The minimum absolute atomic E-state index is 0.0799. The number of rotatable bonds is 6. The van der Waals surface area contributed by atoms with E-state index in [1.165, 1.54) is 0 Å². The van der Waals surface area contributed by atoms with Gasteiger partial charge in [0.1, 0.15) is 11.4 Å². The van der Waals surface area contributed by atoms with Crippen molar-refractivity contribution in [1.82, 2.24) is 25.1 Å². The van der Waals surface area contributed by atoms with Crippen LogP contribution in [0.5, 0.6) is 5.75 Å². The maximum atomic E-state index is 13.4. The Balaban J connectivity index is 1.36. The highest BCUT2D eigenvalue weighted by Crippen LogP contribution is 2.26. The monoisotopic (exact) mass is 454 g/mol. The van der Waals surface area contributed by atoms with Crippen molar-refractivity contribution in [2.24, 2.45) is 0 Å². The molecule has 1 aliphatic rings. The summed E-state index contributed by atoms with van der Waals surface area (Å²) in [5, 5.41) is 7.98. The molecule has 0 spiro atoms. The lowest BCUT2D eigenvalue weighted by molar-refractivity contribution is 0.0931. The Hall–Kier alpha value is -4.20. The van der Waals surface area contributed by atoms with E-state index in [4.69, 9.17) is 9.84 Å². The normalized spacial score (nSPS) is 14.1. The molecule has 2 aromatic carbocycles. The van der Waals surface area contributed by atoms with Crippen LogP contribution in [0.15, 0.2) is 79.3 Å². The van der Waals surface area contributed by atoms with Crippen LogP contribution in [0.4, 0.5) is 5.95 Å². The Morgan fingerprint density at radius 3 is 2.35 bits per heavy atom. The first-order valence-electron chi connectivity index (χ1n) is 11.3. The van der Waals surface area contributed by atoms with Crippen LogP contribution in [0.25, 0.3) is 16.9 Å². The number of para-hydroxylation sites is 1. The fourth-order valence-electron chi connectivity index (χ4n) is 4.16. The van der Waals surface area contributed by atoms with Crippen molar-refractivity contribution >= 4 is 11.9 Å². The molecule has 2 aromatic heterocycles. The van der Waals surface area contributed by atoms with Gasteiger partial charge in [-0.05, 0) is 55.3 Å². The summed E-state index contributed by atoms with van der Waals surface area (Å²) >= 11 is 0. The van der Waals surface area contributed by atoms with Gasteiger partial charge >= 0.3 is 0 Å². The number of ether oxygens (including phenoxy) is 1. The second kappa shape index (κ2) is 9.74. The summed E-state index contributed by atoms with van der Waals surface area (Å²) in [5.74, 6) is 1.37. The molecule has 3 heterocycles. The van der Waals surface area contributed by atoms with E-state index in [1.807, 2.05) is 60.7 Å². The Morgan fingerprint density at radius 1 is 0.971 bits per heavy atom. The molecule has 4 aromatic rings. The lowest BCUT2D eigenvalue weighted by Crippen LogP contribution is -2.45. The quantitative estimate of drug-likeness (QED) is 0.478. The highest BCUT2D eigenvalue weighted by atomic mass is 16.5. The fourth-order valence-corrected chi connectivity index (χ4v) is 4.16. The van der Waals surface area contributed by atoms with Crippen LogP contribution in [0.2, 0.25) is 0 Å². The lowest BCUT2D eigenvalue weighted by atomic mass is 10.0. The van der Waals surface area contributed by atoms with E-state index >= 15 is 0 Å². The zero-order valence-electron chi connectivity index (χ0n) is 19.0. The zero-order chi connectivity index (χ0) is 23.3. The summed E-state index contributed by atoms with van der Waals surface area (Å²) in [6.07, 6.45) is 6.96. The van der Waals surface area contributed by atoms with E-state index in [0.29, 0.717) is 11.3 Å². The van der Waals surface area contributed by atoms with Crippen LogP contribution in [0.1, 0.15) is 23.2 Å². The number of hydrogen-bond donors (Lipinski definition) is 1. The van der Waals surface area contributed by atoms with Crippen LogP contribution < -0.4 is 15.0 Å². The van der Waals surface area contributed by atoms with E-state index in [1.54, 1.807) is 30.4 Å². The molecule has 0 radical (unpaired) electrons. The third-order valence-electron chi connectivity index (χ3n) is 6.01. The average Bonchev–Trinajstić information content (AvgIpc) is 3.36. The fraction of sp³-hybridized carbons (Fsp3) is 0.231. The molecule has 1 amide bonds. The van der Waals surface area contributed by atoms with E-state index in [-0.39, 0.29) is 11.9 Å². The molecular formula is C26H26N6O2. The first-order valence-corrected chi connectivity index (χ1v) is 11.3. The van der Waals surface area contributed by atoms with E-state index < -0.39 is 0 Å². The molecule has 1 N–H and O–H groups in total. The van der Waals surface area contributed by atoms with Crippen molar-refractivity contribution < 1.29 is 9.53 Å². The number of methoxy groups -OCH3 is 1. The summed E-state index contributed by atoms with van der Waals surface area (Å²) in [6, 6.07) is 19.3. The van der Waals surface area contributed by atoms with Crippen molar-refractivity contribution in [2.75, 3.05) is 25.1 Å². The summed E-state index contributed by atoms with van der Waals surface area (Å²) in [6.45, 7) is 1.59. The van der Waals surface area contributed by atoms with Gasteiger partial charge in [-0.1, -0.05) is 18.2 Å². The predicted molar refractivity (Wildman–Crippen MR) is 130 cm³/mol. The van der Waals surface area contributed by atoms with Crippen LogP contribution in [-0.4, -0.2) is 51.9 Å². The largest absolute Gasteiger partial charge is 0.497 e. The number of nitrogens with one attached hydrogen (secondary N) is 1. The molecule has 34 heavy (non-hydrogen) atoms. The third kappa shape index (κ3) is 4.61. The number of hydrogen-bond acceptors (Lipinski definition) is 6. The molecular weight excluding hydrogens is 428 g/mol. The molecule has 0 aliphatic carbocycles. The van der Waals surface area contributed by atoms with Crippen molar-refractivity contribution in [3.8, 4) is 22.7 Å². The smallest absolute Gasteiger partial charge is 0.255 e. The second-order valence-corrected chi connectivity index (χ2v) is 8.18. The van der Waals surface area contributed by atoms with Gasteiger partial charge < -0.3 is 15.0 Å². The molecule has 0 unspecified atom stereocenters. The van der Waals surface area contributed by atoms with Gasteiger partial charge in [0.15, 0.2) is 0 Å². The van der Waals surface area contributed by atoms with Gasteiger partial charge in [-0.3, -0.25) is 4.79 Å². The maximum absolute atomic E-state index is 13.4. The van der Waals surface area contributed by atoms with Crippen molar-refractivity contribution in [3.05, 3.63) is 84.8 Å². The minimum Gasteiger partial charge on any atom is -0.497 e. The highest BCUT2D eigenvalue weighted by molar-refractivity contribution is 6.00. The molecule has 1 aliphatic heterocycles. The third-order valence-corrected chi connectivity index (χ3v) is 6.01. The van der Waals surface area contributed by atoms with Gasteiger partial charge in [0.2, 0.25) is 5.95 Å². The molecule has 5 rings (SSSR count). The summed E-state index contributed by atoms with van der Waals surface area (Å²) in [5.41, 5.74) is 2.94. The van der Waals surface area contributed by atoms with Gasteiger partial charge in [0, 0.05) is 43.3 Å². The molecule has 0 saturated carbocycles. The van der Waals surface area contributed by atoms with Crippen LogP contribution in [-0.2, 0) is 0 Å². The van der Waals surface area contributed by atoms with Crippen LogP contribution in [0, 0.1) is 0 Å². The van der Waals surface area contributed by atoms with Crippen molar-refractivity contribution in [2.45, 2.75) is 18.9 Å². The van der Waals surface area contributed by atoms with E-state index in [9.17, 15) is 4.79 Å². The number of carbonyl (C=O) groups excluding carboxylic acids is 1. The van der Waals surface area contributed by atoms with Gasteiger partial charge in [0.25, 0.3) is 5.91 Å². The minimum atomic E-state index is -0.123. The standard InChI is InChI=1S/C26H26N6O2/c1-34-22-10-8-19(9-11-22)24-23(18-32(30-24)21-6-3-2-4-7-21)25(33)29-20-12-16-31(17-13-20)26-27-14-5-15-28-26/h2-11,14-15,18,20H,12-13,16-17H2,1H3,(H,29,33). The lowest BCUT2D eigenvalue weighted by Gasteiger charge is -2.32. The zero-order valence-corrected chi connectivity index (χ0v) is 19.0. The predicted octanol–water partition coefficient (Wildman–Crippen LogP) is 3.74. The summed E-state index contributed by atoms with van der Waals surface area (Å²) < 4.78 is 7.03. The number of amides is 1. The Kier molecular flexibility index (Phi) is 6.20. The number of piperidine rings is 1. The van der Waals surface area contributed by atoms with Crippen molar-refractivity contribution in [1.29, 1.82) is 0 Å². The van der Waals surface area contributed by atoms with Gasteiger partial charge in [-0.2, -0.15) is 5.10 Å². The molecule has 0 atom stereocenters. The molecule has 8 heteroatoms. The molecule has 1 fully saturated rings. The average molecular weight is 455 g/mol. The first-order chi connectivity index (χ1) is 16.7. The molecule has 1 saturated heterocycles. The number of carbonyl (C=O) groups is 1. The second-order valence-electron chi connectivity index (χ2n) is 8.18. The number of aromatic nitrogens is 4. The van der Waals surface area contributed by atoms with Gasteiger partial charge in [-0.15, -0.1) is 0 Å². The van der Waals surface area contributed by atoms with E-state index in [0.717, 1.165) is 48.9 Å². The van der Waals surface area contributed by atoms with Crippen LogP contribution in [0.3, 0.4) is 0 Å². The molecule has 8 nitrogen and oxygen atoms in total. The summed E-state index contributed by atoms with van der Waals surface area (Å²) in [7, 11) is 1.63. The van der Waals surface area contributed by atoms with Crippen LogP contribution >= 0.6 is 0 Å². The van der Waals surface area contributed by atoms with Gasteiger partial charge in [-0.25, -0.2) is 14.6 Å². The number of anilines is 1. The Morgan fingerprint density at radius 2 is 1.68 bits per heavy atom. The Bertz CT molecular complexity index is 1230. The molecule has 0 bridgehead atoms. The van der Waals surface area contributed by atoms with Gasteiger partial charge in [0.05, 0.1) is 18.4 Å². The Labute approximate surface area is 198 Å². The maximum Gasteiger partial charge on any atom is 0.255 e. The summed E-state index contributed by atoms with van der Waals surface area (Å²) in [4.78, 5) is 24.2. The van der Waals surface area contributed by atoms with Crippen molar-refractivity contribution in [3.63, 3.8) is 0 Å². The van der Waals surface area contributed by atoms with E-state index in [2.05, 4.69) is 20.2 Å².